The summed E-state index contributed by atoms with van der Waals surface area (Å²) in [6, 6.07) is 9.61. The second-order valence-corrected chi connectivity index (χ2v) is 7.59. The molecule has 1 saturated heterocycles. The maximum absolute atomic E-state index is 14.0. The van der Waals surface area contributed by atoms with Crippen LogP contribution in [-0.4, -0.2) is 45.7 Å². The maximum Gasteiger partial charge on any atom is 0.270 e. The molecule has 1 aliphatic rings. The van der Waals surface area contributed by atoms with Gasteiger partial charge in [-0.2, -0.15) is 5.26 Å². The van der Waals surface area contributed by atoms with Gasteiger partial charge < -0.3 is 14.6 Å². The molecule has 0 radical (unpaired) electrons. The molecule has 30 heavy (non-hydrogen) atoms. The van der Waals surface area contributed by atoms with E-state index in [-0.39, 0.29) is 34.1 Å². The third-order valence-corrected chi connectivity index (χ3v) is 5.67. The van der Waals surface area contributed by atoms with Crippen molar-refractivity contribution in [2.75, 3.05) is 31.1 Å². The van der Waals surface area contributed by atoms with Gasteiger partial charge in [0.1, 0.15) is 33.9 Å². The van der Waals surface area contributed by atoms with Gasteiger partial charge in [0.2, 0.25) is 0 Å². The van der Waals surface area contributed by atoms with Gasteiger partial charge in [-0.05, 0) is 24.3 Å². The molecule has 3 heterocycles. The second kappa shape index (κ2) is 7.94. The number of aromatic nitrogens is 2. The number of phenols is 1. The number of hydrogen-bond acceptors (Lipinski definition) is 6. The molecule has 4 rings (SSSR count). The Morgan fingerprint density at radius 2 is 1.97 bits per heavy atom. The van der Waals surface area contributed by atoms with E-state index in [1.54, 1.807) is 19.2 Å². The summed E-state index contributed by atoms with van der Waals surface area (Å²) < 4.78 is 15.5. The van der Waals surface area contributed by atoms with E-state index in [0.717, 1.165) is 0 Å². The number of nitriles is 1. The Bertz CT molecular complexity index is 1210. The summed E-state index contributed by atoms with van der Waals surface area (Å²) in [4.78, 5) is 21.1. The van der Waals surface area contributed by atoms with E-state index in [9.17, 15) is 19.6 Å². The van der Waals surface area contributed by atoms with E-state index >= 15 is 0 Å². The molecule has 0 saturated carbocycles. The average Bonchev–Trinajstić information content (AvgIpc) is 2.74. The van der Waals surface area contributed by atoms with Gasteiger partial charge in [0.15, 0.2) is 0 Å². The molecule has 154 valence electrons. The monoisotopic (exact) mass is 427 g/mol. The number of fused-ring (bicyclic) bond motifs is 1. The third-order valence-electron chi connectivity index (χ3n) is 5.46. The molecule has 1 fully saturated rings. The lowest BCUT2D eigenvalue weighted by Crippen LogP contribution is -2.47. The molecule has 3 aromatic rings. The molecule has 7 nitrogen and oxygen atoms in total. The van der Waals surface area contributed by atoms with Gasteiger partial charge >= 0.3 is 0 Å². The van der Waals surface area contributed by atoms with E-state index in [2.05, 4.69) is 4.98 Å². The number of piperazine rings is 1. The van der Waals surface area contributed by atoms with Gasteiger partial charge in [0.25, 0.3) is 5.56 Å². The highest BCUT2D eigenvalue weighted by molar-refractivity contribution is 6.29. The van der Waals surface area contributed by atoms with E-state index in [1.165, 1.54) is 22.8 Å². The number of halogens is 2. The van der Waals surface area contributed by atoms with Crippen LogP contribution in [0, 0.1) is 17.1 Å². The highest BCUT2D eigenvalue weighted by Gasteiger charge is 2.26. The van der Waals surface area contributed by atoms with Crippen LogP contribution in [0.1, 0.15) is 11.1 Å². The number of aromatic hydroxyl groups is 1. The first-order valence-corrected chi connectivity index (χ1v) is 9.81. The van der Waals surface area contributed by atoms with Gasteiger partial charge in [-0.3, -0.25) is 9.69 Å². The topological polar surface area (TPSA) is 85.4 Å². The molecule has 1 N–H and O–H groups in total. The predicted molar refractivity (Wildman–Crippen MR) is 112 cm³/mol. The number of benzene rings is 1. The Kier molecular flexibility index (Phi) is 5.33. The van der Waals surface area contributed by atoms with Crippen LogP contribution in [0.15, 0.2) is 35.1 Å². The van der Waals surface area contributed by atoms with Crippen molar-refractivity contribution < 1.29 is 9.50 Å². The smallest absolute Gasteiger partial charge is 0.270 e. The molecule has 1 aliphatic heterocycles. The van der Waals surface area contributed by atoms with Gasteiger partial charge in [0.05, 0.1) is 11.2 Å². The Morgan fingerprint density at radius 3 is 2.63 bits per heavy atom. The minimum Gasteiger partial charge on any atom is -0.508 e. The zero-order valence-electron chi connectivity index (χ0n) is 16.3. The van der Waals surface area contributed by atoms with Crippen LogP contribution < -0.4 is 10.5 Å². The Labute approximate surface area is 177 Å². The van der Waals surface area contributed by atoms with E-state index in [1.807, 2.05) is 15.9 Å². The summed E-state index contributed by atoms with van der Waals surface area (Å²) in [6.07, 6.45) is 0. The summed E-state index contributed by atoms with van der Waals surface area (Å²) in [5.74, 6) is -0.513. The number of anilines is 1. The summed E-state index contributed by atoms with van der Waals surface area (Å²) >= 11 is 6.09. The molecular formula is C21H19ClFN5O2. The number of aryl methyl sites for hydroxylation is 1. The molecule has 2 aromatic heterocycles. The van der Waals surface area contributed by atoms with Crippen molar-refractivity contribution >= 4 is 28.3 Å². The molecular weight excluding hydrogens is 409 g/mol. The van der Waals surface area contributed by atoms with Gasteiger partial charge in [-0.1, -0.05) is 17.7 Å². The summed E-state index contributed by atoms with van der Waals surface area (Å²) in [5, 5.41) is 19.9. The van der Waals surface area contributed by atoms with Crippen molar-refractivity contribution in [3.05, 3.63) is 62.8 Å². The van der Waals surface area contributed by atoms with Crippen molar-refractivity contribution in [2.45, 2.75) is 6.54 Å². The first-order valence-electron chi connectivity index (χ1n) is 9.43. The van der Waals surface area contributed by atoms with E-state index in [4.69, 9.17) is 11.6 Å². The number of pyridine rings is 2. The molecule has 0 atom stereocenters. The fraction of sp³-hybridized carbons (Fsp3) is 0.286. The number of nitrogens with zero attached hydrogens (tertiary/aromatic N) is 5. The SMILES string of the molecule is Cn1c(=O)c(C#N)c(N2CCN(Cc3c(O)cccc3F)CC2)c2nc(Cl)ccc21. The molecule has 0 unspecified atom stereocenters. The molecule has 1 aromatic carbocycles. The zero-order chi connectivity index (χ0) is 21.4. The minimum absolute atomic E-state index is 0.0277. The fourth-order valence-electron chi connectivity index (χ4n) is 3.84. The van der Waals surface area contributed by atoms with Crippen LogP contribution >= 0.6 is 11.6 Å². The maximum atomic E-state index is 14.0. The van der Waals surface area contributed by atoms with Crippen LogP contribution in [-0.2, 0) is 13.6 Å². The normalized spacial score (nSPS) is 14.8. The van der Waals surface area contributed by atoms with Crippen LogP contribution in [0.5, 0.6) is 5.75 Å². The van der Waals surface area contributed by atoms with Gasteiger partial charge in [0, 0.05) is 45.3 Å². The van der Waals surface area contributed by atoms with Crippen LogP contribution in [0.25, 0.3) is 11.0 Å². The fourth-order valence-corrected chi connectivity index (χ4v) is 3.98. The first kappa shape index (κ1) is 20.1. The van der Waals surface area contributed by atoms with Crippen LogP contribution in [0.3, 0.4) is 0 Å². The number of hydrogen-bond donors (Lipinski definition) is 1. The second-order valence-electron chi connectivity index (χ2n) is 7.20. The van der Waals surface area contributed by atoms with Crippen LogP contribution in [0.2, 0.25) is 5.15 Å². The Balaban J connectivity index is 1.65. The van der Waals surface area contributed by atoms with Crippen molar-refractivity contribution in [3.8, 4) is 11.8 Å². The molecule has 9 heteroatoms. The third kappa shape index (κ3) is 3.47. The summed E-state index contributed by atoms with van der Waals surface area (Å²) in [5.41, 5.74) is 1.48. The largest absolute Gasteiger partial charge is 0.508 e. The van der Waals surface area contributed by atoms with E-state index in [0.29, 0.717) is 42.9 Å². The highest BCUT2D eigenvalue weighted by Crippen LogP contribution is 2.30. The van der Waals surface area contributed by atoms with Crippen molar-refractivity contribution in [2.24, 2.45) is 7.05 Å². The molecule has 0 bridgehead atoms. The quantitative estimate of drug-likeness (QED) is 0.647. The number of phenolic OH excluding ortho intramolecular Hbond substituents is 1. The highest BCUT2D eigenvalue weighted by atomic mass is 35.5. The summed E-state index contributed by atoms with van der Waals surface area (Å²) in [7, 11) is 1.60. The van der Waals surface area contributed by atoms with Crippen molar-refractivity contribution in [1.82, 2.24) is 14.5 Å². The zero-order valence-corrected chi connectivity index (χ0v) is 17.0. The predicted octanol–water partition coefficient (Wildman–Crippen LogP) is 2.63. The van der Waals surface area contributed by atoms with Crippen molar-refractivity contribution in [3.63, 3.8) is 0 Å². The standard InChI is InChI=1S/C21H19ClFN5O2/c1-26-16-5-6-18(22)25-19(16)20(13(11-24)21(26)30)28-9-7-27(8-10-28)12-14-15(23)3-2-4-17(14)29/h2-6,29H,7-10,12H2,1H3. The lowest BCUT2D eigenvalue weighted by atomic mass is 10.1. The van der Waals surface area contributed by atoms with Gasteiger partial charge in [-0.25, -0.2) is 9.37 Å². The molecule has 0 aliphatic carbocycles. The Morgan fingerprint density at radius 1 is 1.23 bits per heavy atom. The van der Waals surface area contributed by atoms with E-state index < -0.39 is 5.82 Å². The average molecular weight is 428 g/mol. The molecule has 0 amide bonds. The summed E-state index contributed by atoms with van der Waals surface area (Å²) in [6.45, 7) is 2.44. The molecule has 0 spiro atoms. The minimum atomic E-state index is -0.444. The lowest BCUT2D eigenvalue weighted by molar-refractivity contribution is 0.243. The number of rotatable bonds is 3. The van der Waals surface area contributed by atoms with Crippen molar-refractivity contribution in [1.29, 1.82) is 5.26 Å². The lowest BCUT2D eigenvalue weighted by Gasteiger charge is -2.36. The van der Waals surface area contributed by atoms with Crippen LogP contribution in [0.4, 0.5) is 10.1 Å². The van der Waals surface area contributed by atoms with Gasteiger partial charge in [-0.15, -0.1) is 0 Å². The first-order chi connectivity index (χ1) is 14.4. The Hall–Kier alpha value is -3.15.